The van der Waals surface area contributed by atoms with Gasteiger partial charge in [0.15, 0.2) is 0 Å². The van der Waals surface area contributed by atoms with Gasteiger partial charge in [-0.05, 0) is 37.7 Å². The zero-order valence-corrected chi connectivity index (χ0v) is 13.3. The van der Waals surface area contributed by atoms with Crippen molar-refractivity contribution >= 4 is 22.0 Å². The van der Waals surface area contributed by atoms with Gasteiger partial charge in [0.05, 0.1) is 6.61 Å². The average molecular weight is 310 g/mol. The predicted molar refractivity (Wildman–Crippen MR) is 80.6 cm³/mol. The van der Waals surface area contributed by atoms with E-state index in [9.17, 15) is 13.5 Å². The first-order valence-electron chi connectivity index (χ1n) is 6.98. The number of thioether (sulfide) groups is 1. The molecule has 0 aromatic rings. The lowest BCUT2D eigenvalue weighted by molar-refractivity contribution is 0.154. The zero-order valence-electron chi connectivity index (χ0n) is 11.7. The molecule has 1 fully saturated rings. The Morgan fingerprint density at radius 3 is 2.79 bits per heavy atom. The Morgan fingerprint density at radius 1 is 1.32 bits per heavy atom. The summed E-state index contributed by atoms with van der Waals surface area (Å²) in [6.45, 7) is 0.924. The third-order valence-corrected chi connectivity index (χ3v) is 5.77. The highest BCUT2D eigenvalue weighted by atomic mass is 32.2. The molecule has 7 heteroatoms. The molecule has 0 aromatic heterocycles. The molecule has 5 nitrogen and oxygen atoms in total. The first-order valence-corrected chi connectivity index (χ1v) is 9.81. The Labute approximate surface area is 121 Å². The van der Waals surface area contributed by atoms with Gasteiger partial charge in [0, 0.05) is 19.1 Å². The Kier molecular flexibility index (Phi) is 8.32. The summed E-state index contributed by atoms with van der Waals surface area (Å²) in [5.41, 5.74) is 0. The molecule has 1 atom stereocenters. The van der Waals surface area contributed by atoms with E-state index >= 15 is 0 Å². The number of aliphatic hydroxyl groups is 1. The monoisotopic (exact) mass is 310 g/mol. The molecule has 1 unspecified atom stereocenters. The summed E-state index contributed by atoms with van der Waals surface area (Å²) in [4.78, 5) is 0. The summed E-state index contributed by atoms with van der Waals surface area (Å²) in [6, 6.07) is -0.247. The van der Waals surface area contributed by atoms with Crippen molar-refractivity contribution < 1.29 is 13.5 Å². The maximum atomic E-state index is 12.1. The van der Waals surface area contributed by atoms with Gasteiger partial charge in [-0.1, -0.05) is 12.8 Å². The molecule has 0 bridgehead atoms. The van der Waals surface area contributed by atoms with Crippen LogP contribution in [0.1, 0.15) is 38.5 Å². The highest BCUT2D eigenvalue weighted by Crippen LogP contribution is 2.19. The molecule has 0 amide bonds. The highest BCUT2D eigenvalue weighted by molar-refractivity contribution is 7.98. The van der Waals surface area contributed by atoms with Gasteiger partial charge in [0.25, 0.3) is 10.2 Å². The molecule has 1 aliphatic rings. The summed E-state index contributed by atoms with van der Waals surface area (Å²) in [5.74, 6) is 1.13. The number of nitrogens with zero attached hydrogens (tertiary/aromatic N) is 1. The fourth-order valence-corrected chi connectivity index (χ4v) is 4.30. The molecular formula is C12H26N2O3S2. The second-order valence-corrected chi connectivity index (χ2v) is 7.59. The van der Waals surface area contributed by atoms with Crippen LogP contribution < -0.4 is 4.72 Å². The van der Waals surface area contributed by atoms with Crippen molar-refractivity contribution in [3.63, 3.8) is 0 Å². The van der Waals surface area contributed by atoms with Crippen LogP contribution in [0, 0.1) is 0 Å². The van der Waals surface area contributed by atoms with Crippen molar-refractivity contribution in [1.29, 1.82) is 0 Å². The lowest BCUT2D eigenvalue weighted by Crippen LogP contribution is -2.50. The number of unbranched alkanes of at least 4 members (excludes halogenated alkanes) is 2. The SMILES string of the molecule is CSCCCCCNS(=O)(=O)N1CCCCC1CO. The highest BCUT2D eigenvalue weighted by Gasteiger charge is 2.31. The Balaban J connectivity index is 2.33. The van der Waals surface area contributed by atoms with Gasteiger partial charge in [-0.15, -0.1) is 0 Å². The maximum Gasteiger partial charge on any atom is 0.279 e. The van der Waals surface area contributed by atoms with Crippen LogP contribution in [0.4, 0.5) is 0 Å². The fraction of sp³-hybridized carbons (Fsp3) is 1.00. The Morgan fingerprint density at radius 2 is 2.11 bits per heavy atom. The first kappa shape index (κ1) is 17.2. The van der Waals surface area contributed by atoms with Crippen LogP contribution in [-0.2, 0) is 10.2 Å². The molecule has 0 saturated carbocycles. The van der Waals surface area contributed by atoms with Crippen LogP contribution in [-0.4, -0.2) is 55.6 Å². The third kappa shape index (κ3) is 5.99. The van der Waals surface area contributed by atoms with E-state index in [0.717, 1.165) is 44.3 Å². The van der Waals surface area contributed by atoms with Crippen molar-refractivity contribution in [1.82, 2.24) is 9.03 Å². The maximum absolute atomic E-state index is 12.1. The molecule has 0 spiro atoms. The van der Waals surface area contributed by atoms with Gasteiger partial charge in [0.2, 0.25) is 0 Å². The van der Waals surface area contributed by atoms with Crippen LogP contribution in [0.15, 0.2) is 0 Å². The second kappa shape index (κ2) is 9.18. The topological polar surface area (TPSA) is 69.6 Å². The second-order valence-electron chi connectivity index (χ2n) is 4.90. The van der Waals surface area contributed by atoms with E-state index in [1.54, 1.807) is 0 Å². The zero-order chi connectivity index (χ0) is 14.1. The number of rotatable bonds is 9. The van der Waals surface area contributed by atoms with Crippen molar-refractivity contribution in [2.45, 2.75) is 44.6 Å². The Bertz CT molecular complexity index is 336. The van der Waals surface area contributed by atoms with Crippen molar-refractivity contribution in [2.75, 3.05) is 31.7 Å². The number of aliphatic hydroxyl groups excluding tert-OH is 1. The minimum absolute atomic E-state index is 0.0887. The smallest absolute Gasteiger partial charge is 0.279 e. The molecule has 114 valence electrons. The molecule has 0 aliphatic carbocycles. The first-order chi connectivity index (χ1) is 9.11. The van der Waals surface area contributed by atoms with Gasteiger partial charge < -0.3 is 5.11 Å². The van der Waals surface area contributed by atoms with Crippen molar-refractivity contribution in [2.24, 2.45) is 0 Å². The molecule has 19 heavy (non-hydrogen) atoms. The van der Waals surface area contributed by atoms with Gasteiger partial charge in [-0.25, -0.2) is 4.72 Å². The largest absolute Gasteiger partial charge is 0.395 e. The molecule has 2 N–H and O–H groups in total. The number of nitrogens with one attached hydrogen (secondary N) is 1. The van der Waals surface area contributed by atoms with E-state index in [0.29, 0.717) is 13.1 Å². The number of hydrogen-bond acceptors (Lipinski definition) is 4. The number of piperidine rings is 1. The lowest BCUT2D eigenvalue weighted by atomic mass is 10.1. The molecule has 0 radical (unpaired) electrons. The van der Waals surface area contributed by atoms with E-state index in [2.05, 4.69) is 11.0 Å². The summed E-state index contributed by atoms with van der Waals surface area (Å²) < 4.78 is 28.4. The lowest BCUT2D eigenvalue weighted by Gasteiger charge is -2.33. The Hall–Kier alpha value is 0.180. The van der Waals surface area contributed by atoms with E-state index in [4.69, 9.17) is 0 Å². The van der Waals surface area contributed by atoms with E-state index < -0.39 is 10.2 Å². The van der Waals surface area contributed by atoms with Gasteiger partial charge in [-0.2, -0.15) is 24.5 Å². The van der Waals surface area contributed by atoms with Crippen LogP contribution in [0.2, 0.25) is 0 Å². The van der Waals surface area contributed by atoms with Gasteiger partial charge in [0.1, 0.15) is 0 Å². The standard InChI is InChI=1S/C12H26N2O3S2/c1-18-10-6-2-4-8-13-19(16,17)14-9-5-3-7-12(14)11-15/h12-13,15H,2-11H2,1H3. The quantitative estimate of drug-likeness (QED) is 0.628. The van der Waals surface area contributed by atoms with Crippen molar-refractivity contribution in [3.05, 3.63) is 0 Å². The van der Waals surface area contributed by atoms with E-state index in [-0.39, 0.29) is 12.6 Å². The van der Waals surface area contributed by atoms with Crippen LogP contribution in [0.5, 0.6) is 0 Å². The summed E-state index contributed by atoms with van der Waals surface area (Å²) in [7, 11) is -3.42. The van der Waals surface area contributed by atoms with Gasteiger partial charge in [-0.3, -0.25) is 0 Å². The molecule has 1 heterocycles. The van der Waals surface area contributed by atoms with Crippen LogP contribution in [0.25, 0.3) is 0 Å². The fourth-order valence-electron chi connectivity index (χ4n) is 2.31. The molecule has 1 rings (SSSR count). The summed E-state index contributed by atoms with van der Waals surface area (Å²) in [5, 5.41) is 9.26. The van der Waals surface area contributed by atoms with Gasteiger partial charge >= 0.3 is 0 Å². The summed E-state index contributed by atoms with van der Waals surface area (Å²) >= 11 is 1.82. The number of hydrogen-bond donors (Lipinski definition) is 2. The average Bonchev–Trinajstić information content (AvgIpc) is 2.42. The summed E-state index contributed by atoms with van der Waals surface area (Å²) in [6.07, 6.45) is 7.76. The predicted octanol–water partition coefficient (Wildman–Crippen LogP) is 1.20. The minimum Gasteiger partial charge on any atom is -0.395 e. The third-order valence-electron chi connectivity index (χ3n) is 3.40. The normalized spacial score (nSPS) is 21.7. The van der Waals surface area contributed by atoms with Crippen molar-refractivity contribution in [3.8, 4) is 0 Å². The minimum atomic E-state index is -3.42. The van der Waals surface area contributed by atoms with Crippen LogP contribution in [0.3, 0.4) is 0 Å². The van der Waals surface area contributed by atoms with E-state index in [1.807, 2.05) is 11.8 Å². The molecular weight excluding hydrogens is 284 g/mol. The molecule has 1 saturated heterocycles. The van der Waals surface area contributed by atoms with E-state index in [1.165, 1.54) is 4.31 Å². The van der Waals surface area contributed by atoms with Crippen LogP contribution >= 0.6 is 11.8 Å². The molecule has 0 aromatic carbocycles. The molecule has 1 aliphatic heterocycles.